The van der Waals surface area contributed by atoms with Crippen molar-refractivity contribution in [2.24, 2.45) is 0 Å². The second-order valence-electron chi connectivity index (χ2n) is 4.82. The third-order valence-corrected chi connectivity index (χ3v) is 3.64. The van der Waals surface area contributed by atoms with E-state index in [4.69, 9.17) is 9.47 Å². The molecular weight excluding hydrogens is 268 g/mol. The van der Waals surface area contributed by atoms with Crippen LogP contribution >= 0.6 is 0 Å². The van der Waals surface area contributed by atoms with E-state index in [1.54, 1.807) is 24.3 Å². The minimum absolute atomic E-state index is 0.413. The van der Waals surface area contributed by atoms with Crippen molar-refractivity contribution in [2.75, 3.05) is 7.11 Å². The molecule has 0 aliphatic carbocycles. The van der Waals surface area contributed by atoms with Crippen molar-refractivity contribution in [1.82, 2.24) is 0 Å². The molecule has 0 bridgehead atoms. The summed E-state index contributed by atoms with van der Waals surface area (Å²) in [5.41, 5.74) is 1.84. The molecule has 0 amide bonds. The van der Waals surface area contributed by atoms with Crippen molar-refractivity contribution in [1.29, 1.82) is 0 Å². The van der Waals surface area contributed by atoms with E-state index in [1.807, 2.05) is 30.3 Å². The van der Waals surface area contributed by atoms with Gasteiger partial charge < -0.3 is 9.47 Å². The molecule has 21 heavy (non-hydrogen) atoms. The monoisotopic (exact) mass is 282 g/mol. The summed E-state index contributed by atoms with van der Waals surface area (Å²) in [5.74, 6) is -1.48. The smallest absolute Gasteiger partial charge is 0.339 e. The molecule has 3 rings (SSSR count). The first-order valence-corrected chi connectivity index (χ1v) is 6.65. The largest absolute Gasteiger partial charge is 0.468 e. The minimum atomic E-state index is -0.666. The number of carbonyl (C=O) groups excluding carboxylic acids is 2. The summed E-state index contributed by atoms with van der Waals surface area (Å²) in [7, 11) is 1.34. The molecule has 4 nitrogen and oxygen atoms in total. The molecular formula is C17H14O4. The van der Waals surface area contributed by atoms with Gasteiger partial charge in [0.2, 0.25) is 0 Å². The number of cyclic esters (lactones) is 1. The number of benzene rings is 2. The van der Waals surface area contributed by atoms with Crippen molar-refractivity contribution in [3.63, 3.8) is 0 Å². The Labute approximate surface area is 122 Å². The molecule has 1 aliphatic rings. The highest BCUT2D eigenvalue weighted by Crippen LogP contribution is 2.41. The Morgan fingerprint density at radius 3 is 2.43 bits per heavy atom. The molecule has 0 N–H and O–H groups in total. The first-order chi connectivity index (χ1) is 10.2. The maximum atomic E-state index is 12.2. The van der Waals surface area contributed by atoms with Gasteiger partial charge in [0.25, 0.3) is 0 Å². The Hall–Kier alpha value is -2.62. The quantitative estimate of drug-likeness (QED) is 0.795. The third kappa shape index (κ3) is 2.29. The first kappa shape index (κ1) is 13.4. The van der Waals surface area contributed by atoms with E-state index in [2.05, 4.69) is 0 Å². The van der Waals surface area contributed by atoms with Gasteiger partial charge in [-0.15, -0.1) is 0 Å². The van der Waals surface area contributed by atoms with Crippen LogP contribution in [0, 0.1) is 0 Å². The topological polar surface area (TPSA) is 52.6 Å². The average Bonchev–Trinajstić information content (AvgIpc) is 2.55. The van der Waals surface area contributed by atoms with Gasteiger partial charge in [-0.1, -0.05) is 48.5 Å². The van der Waals surface area contributed by atoms with E-state index >= 15 is 0 Å². The third-order valence-electron chi connectivity index (χ3n) is 3.64. The summed E-state index contributed by atoms with van der Waals surface area (Å²) in [6.07, 6.45) is -0.666. The fraction of sp³-hybridized carbons (Fsp3) is 0.176. The molecule has 2 aromatic rings. The predicted molar refractivity (Wildman–Crippen MR) is 75.8 cm³/mol. The molecule has 0 radical (unpaired) electrons. The Balaban J connectivity index is 2.13. The highest BCUT2D eigenvalue weighted by molar-refractivity contribution is 5.96. The van der Waals surface area contributed by atoms with Crippen LogP contribution in [0.4, 0.5) is 0 Å². The number of ether oxygens (including phenoxy) is 2. The molecule has 0 fully saturated rings. The lowest BCUT2D eigenvalue weighted by Crippen LogP contribution is -2.31. The van der Waals surface area contributed by atoms with Gasteiger partial charge in [0.1, 0.15) is 12.0 Å². The van der Waals surface area contributed by atoms with E-state index in [0.29, 0.717) is 11.1 Å². The van der Waals surface area contributed by atoms with Crippen LogP contribution in [-0.4, -0.2) is 19.0 Å². The van der Waals surface area contributed by atoms with Gasteiger partial charge in [-0.25, -0.2) is 4.79 Å². The predicted octanol–water partition coefficient (Wildman–Crippen LogP) is 2.85. The normalized spacial score (nSPS) is 20.3. The van der Waals surface area contributed by atoms with Crippen molar-refractivity contribution in [2.45, 2.75) is 12.0 Å². The molecule has 0 unspecified atom stereocenters. The highest BCUT2D eigenvalue weighted by Gasteiger charge is 2.41. The van der Waals surface area contributed by atoms with Gasteiger partial charge in [-0.05, 0) is 17.2 Å². The van der Waals surface area contributed by atoms with Crippen LogP contribution in [-0.2, 0) is 14.3 Å². The number of carbonyl (C=O) groups is 2. The Bertz CT molecular complexity index is 678. The highest BCUT2D eigenvalue weighted by atomic mass is 16.6. The van der Waals surface area contributed by atoms with E-state index < -0.39 is 24.0 Å². The summed E-state index contributed by atoms with van der Waals surface area (Å²) >= 11 is 0. The molecule has 2 aromatic carbocycles. The summed E-state index contributed by atoms with van der Waals surface area (Å²) in [5, 5.41) is 0. The van der Waals surface area contributed by atoms with Gasteiger partial charge in [-0.2, -0.15) is 0 Å². The van der Waals surface area contributed by atoms with Crippen LogP contribution in [0.3, 0.4) is 0 Å². The molecule has 2 atom stereocenters. The SMILES string of the molecule is COC(=O)[C@@H]1c2ccccc2C(=O)O[C@H]1c1ccccc1. The van der Waals surface area contributed by atoms with Gasteiger partial charge in [0.05, 0.1) is 12.7 Å². The molecule has 0 aromatic heterocycles. The van der Waals surface area contributed by atoms with Crippen molar-refractivity contribution < 1.29 is 19.1 Å². The molecule has 1 aliphatic heterocycles. The van der Waals surface area contributed by atoms with Crippen LogP contribution < -0.4 is 0 Å². The number of rotatable bonds is 2. The van der Waals surface area contributed by atoms with E-state index in [-0.39, 0.29) is 0 Å². The van der Waals surface area contributed by atoms with Gasteiger partial charge in [-0.3, -0.25) is 4.79 Å². The molecule has 0 saturated heterocycles. The Morgan fingerprint density at radius 2 is 1.71 bits per heavy atom. The van der Waals surface area contributed by atoms with Crippen molar-refractivity contribution in [3.05, 3.63) is 71.3 Å². The van der Waals surface area contributed by atoms with Crippen molar-refractivity contribution in [3.8, 4) is 0 Å². The van der Waals surface area contributed by atoms with Crippen LogP contribution in [0.15, 0.2) is 54.6 Å². The standard InChI is InChI=1S/C17H14O4/c1-20-17(19)14-12-9-5-6-10-13(12)16(18)21-15(14)11-7-3-2-4-8-11/h2-10,14-15H,1H3/t14-,15+/m1/s1. The fourth-order valence-electron chi connectivity index (χ4n) is 2.64. The van der Waals surface area contributed by atoms with Gasteiger partial charge >= 0.3 is 11.9 Å². The molecule has 1 heterocycles. The molecule has 0 spiro atoms. The number of methoxy groups -OCH3 is 1. The lowest BCUT2D eigenvalue weighted by atomic mass is 9.84. The van der Waals surface area contributed by atoms with Crippen LogP contribution in [0.25, 0.3) is 0 Å². The summed E-state index contributed by atoms with van der Waals surface area (Å²) < 4.78 is 10.4. The lowest BCUT2D eigenvalue weighted by Gasteiger charge is -2.31. The zero-order valence-corrected chi connectivity index (χ0v) is 11.5. The minimum Gasteiger partial charge on any atom is -0.468 e. The zero-order valence-electron chi connectivity index (χ0n) is 11.5. The number of esters is 2. The zero-order chi connectivity index (χ0) is 14.8. The van der Waals surface area contributed by atoms with Gasteiger partial charge in [0.15, 0.2) is 0 Å². The average molecular weight is 282 g/mol. The van der Waals surface area contributed by atoms with E-state index in [9.17, 15) is 9.59 Å². The van der Waals surface area contributed by atoms with Crippen LogP contribution in [0.1, 0.15) is 33.5 Å². The molecule has 106 valence electrons. The van der Waals surface area contributed by atoms with Gasteiger partial charge in [0, 0.05) is 0 Å². The maximum absolute atomic E-state index is 12.2. The number of hydrogen-bond acceptors (Lipinski definition) is 4. The molecule has 0 saturated carbocycles. The Morgan fingerprint density at radius 1 is 1.05 bits per heavy atom. The van der Waals surface area contributed by atoms with Crippen molar-refractivity contribution >= 4 is 11.9 Å². The summed E-state index contributed by atoms with van der Waals surface area (Å²) in [4.78, 5) is 24.4. The van der Waals surface area contributed by atoms with Crippen LogP contribution in [0.2, 0.25) is 0 Å². The molecule has 4 heteroatoms. The Kier molecular flexibility index (Phi) is 3.44. The number of fused-ring (bicyclic) bond motifs is 1. The summed E-state index contributed by atoms with van der Waals surface area (Å²) in [6, 6.07) is 16.2. The first-order valence-electron chi connectivity index (χ1n) is 6.65. The second-order valence-corrected chi connectivity index (χ2v) is 4.82. The maximum Gasteiger partial charge on any atom is 0.339 e. The fourth-order valence-corrected chi connectivity index (χ4v) is 2.64. The lowest BCUT2D eigenvalue weighted by molar-refractivity contribution is -0.146. The number of hydrogen-bond donors (Lipinski definition) is 0. The summed E-state index contributed by atoms with van der Waals surface area (Å²) in [6.45, 7) is 0. The van der Waals surface area contributed by atoms with Crippen LogP contribution in [0.5, 0.6) is 0 Å². The van der Waals surface area contributed by atoms with E-state index in [1.165, 1.54) is 7.11 Å². The second kappa shape index (κ2) is 5.40. The van der Waals surface area contributed by atoms with E-state index in [0.717, 1.165) is 5.56 Å².